The first-order valence-electron chi connectivity index (χ1n) is 3.31. The van der Waals surface area contributed by atoms with Gasteiger partial charge in [-0.1, -0.05) is 0 Å². The number of nitrogens with two attached hydrogens (primary N) is 2. The van der Waals surface area contributed by atoms with Gasteiger partial charge in [0.1, 0.15) is 0 Å². The van der Waals surface area contributed by atoms with Crippen molar-refractivity contribution in [2.24, 2.45) is 11.5 Å². The molecule has 0 aromatic heterocycles. The molecule has 2 atom stereocenters. The molecule has 1 rings (SSSR count). The van der Waals surface area contributed by atoms with E-state index in [-0.39, 0.29) is 0 Å². The van der Waals surface area contributed by atoms with E-state index >= 15 is 0 Å². The zero-order valence-electron chi connectivity index (χ0n) is 5.71. The van der Waals surface area contributed by atoms with Gasteiger partial charge in [0.25, 0.3) is 0 Å². The van der Waals surface area contributed by atoms with E-state index in [1.165, 1.54) is 0 Å². The van der Waals surface area contributed by atoms with E-state index in [4.69, 9.17) is 16.6 Å². The van der Waals surface area contributed by atoms with E-state index in [0.717, 1.165) is 0 Å². The lowest BCUT2D eigenvalue weighted by molar-refractivity contribution is -0.123. The summed E-state index contributed by atoms with van der Waals surface area (Å²) >= 11 is 0. The second-order valence-electron chi connectivity index (χ2n) is 2.92. The Bertz CT molecular complexity index is 160. The first kappa shape index (κ1) is 7.50. The highest BCUT2D eigenvalue weighted by molar-refractivity contribution is 5.84. The van der Waals surface area contributed by atoms with Crippen LogP contribution in [0.2, 0.25) is 0 Å². The molecular formula is C6H12N2O2. The van der Waals surface area contributed by atoms with E-state index in [2.05, 4.69) is 0 Å². The Hall–Kier alpha value is -0.610. The second-order valence-corrected chi connectivity index (χ2v) is 2.92. The number of hydrogen-bond acceptors (Lipinski definition) is 3. The molecule has 10 heavy (non-hydrogen) atoms. The fraction of sp³-hybridized carbons (Fsp3) is 0.833. The van der Waals surface area contributed by atoms with Crippen molar-refractivity contribution in [3.8, 4) is 0 Å². The number of aliphatic hydroxyl groups excluding tert-OH is 1. The van der Waals surface area contributed by atoms with Crippen LogP contribution < -0.4 is 11.5 Å². The summed E-state index contributed by atoms with van der Waals surface area (Å²) in [6.45, 7) is 0. The maximum absolute atomic E-state index is 10.7. The summed E-state index contributed by atoms with van der Waals surface area (Å²) in [5.74, 6) is -0.510. The first-order valence-corrected chi connectivity index (χ1v) is 3.31. The zero-order valence-corrected chi connectivity index (χ0v) is 5.71. The highest BCUT2D eigenvalue weighted by atomic mass is 16.3. The lowest BCUT2D eigenvalue weighted by Crippen LogP contribution is -2.50. The maximum atomic E-state index is 10.7. The number of primary amides is 1. The molecule has 58 valence electrons. The molecule has 0 heterocycles. The second kappa shape index (κ2) is 2.21. The lowest BCUT2D eigenvalue weighted by Gasteiger charge is -2.17. The van der Waals surface area contributed by atoms with Crippen molar-refractivity contribution in [1.29, 1.82) is 0 Å². The van der Waals surface area contributed by atoms with E-state index in [9.17, 15) is 4.79 Å². The summed E-state index contributed by atoms with van der Waals surface area (Å²) in [6, 6.07) is 0. The maximum Gasteiger partial charge on any atom is 0.237 e. The van der Waals surface area contributed by atoms with Crippen LogP contribution in [0.4, 0.5) is 0 Å². The van der Waals surface area contributed by atoms with Gasteiger partial charge in [-0.15, -0.1) is 0 Å². The lowest BCUT2D eigenvalue weighted by atomic mass is 9.99. The third-order valence-electron chi connectivity index (χ3n) is 2.01. The summed E-state index contributed by atoms with van der Waals surface area (Å²) in [5.41, 5.74) is 9.63. The predicted octanol–water partition coefficient (Wildman–Crippen LogP) is -1.29. The van der Waals surface area contributed by atoms with Crippen LogP contribution in [0.25, 0.3) is 0 Å². The molecule has 0 radical (unpaired) electrons. The Kier molecular flexibility index (Phi) is 1.66. The van der Waals surface area contributed by atoms with Gasteiger partial charge in [0.15, 0.2) is 0 Å². The summed E-state index contributed by atoms with van der Waals surface area (Å²) in [7, 11) is 0. The van der Waals surface area contributed by atoms with Gasteiger partial charge in [-0.05, 0) is 12.8 Å². The molecule has 1 amide bonds. The molecule has 4 nitrogen and oxygen atoms in total. The molecule has 0 saturated heterocycles. The minimum atomic E-state index is -0.945. The molecule has 2 unspecified atom stereocenters. The van der Waals surface area contributed by atoms with Crippen molar-refractivity contribution < 1.29 is 9.90 Å². The van der Waals surface area contributed by atoms with Crippen molar-refractivity contribution in [3.63, 3.8) is 0 Å². The number of hydrogen-bond donors (Lipinski definition) is 3. The number of aliphatic hydroxyl groups is 1. The van der Waals surface area contributed by atoms with Gasteiger partial charge in [0, 0.05) is 6.42 Å². The molecule has 5 N–H and O–H groups in total. The number of amides is 1. The Labute approximate surface area is 59.2 Å². The van der Waals surface area contributed by atoms with Crippen LogP contribution in [0.5, 0.6) is 0 Å². The Morgan fingerprint density at radius 1 is 1.70 bits per heavy atom. The van der Waals surface area contributed by atoms with Crippen LogP contribution in [0.3, 0.4) is 0 Å². The molecule has 1 aliphatic rings. The molecule has 0 aliphatic heterocycles. The SMILES string of the molecule is NC(=O)C1(N)CCC(O)C1. The van der Waals surface area contributed by atoms with Gasteiger partial charge in [-0.3, -0.25) is 4.79 Å². The summed E-state index contributed by atoms with van der Waals surface area (Å²) in [4.78, 5) is 10.7. The van der Waals surface area contributed by atoms with E-state index in [0.29, 0.717) is 19.3 Å². The number of rotatable bonds is 1. The molecule has 1 fully saturated rings. The fourth-order valence-electron chi connectivity index (χ4n) is 1.27. The third kappa shape index (κ3) is 1.12. The van der Waals surface area contributed by atoms with Crippen molar-refractivity contribution >= 4 is 5.91 Å². The van der Waals surface area contributed by atoms with Crippen molar-refractivity contribution in [2.75, 3.05) is 0 Å². The number of carbonyl (C=O) groups is 1. The van der Waals surface area contributed by atoms with Crippen LogP contribution in [0, 0.1) is 0 Å². The predicted molar refractivity (Wildman–Crippen MR) is 36.0 cm³/mol. The minimum Gasteiger partial charge on any atom is -0.393 e. The van der Waals surface area contributed by atoms with Gasteiger partial charge in [-0.2, -0.15) is 0 Å². The Balaban J connectivity index is 2.63. The van der Waals surface area contributed by atoms with Crippen LogP contribution in [-0.4, -0.2) is 22.7 Å². The van der Waals surface area contributed by atoms with Crippen LogP contribution >= 0.6 is 0 Å². The molecule has 0 aromatic carbocycles. The van der Waals surface area contributed by atoms with E-state index < -0.39 is 17.6 Å². The monoisotopic (exact) mass is 144 g/mol. The van der Waals surface area contributed by atoms with E-state index in [1.807, 2.05) is 0 Å². The summed E-state index contributed by atoms with van der Waals surface area (Å²) in [6.07, 6.45) is 0.947. The Morgan fingerprint density at radius 2 is 2.30 bits per heavy atom. The molecule has 0 aromatic rings. The van der Waals surface area contributed by atoms with Gasteiger partial charge < -0.3 is 16.6 Å². The normalized spacial score (nSPS) is 40.0. The molecule has 4 heteroatoms. The van der Waals surface area contributed by atoms with E-state index in [1.54, 1.807) is 0 Å². The van der Waals surface area contributed by atoms with Crippen LogP contribution in [0.15, 0.2) is 0 Å². The largest absolute Gasteiger partial charge is 0.393 e. The van der Waals surface area contributed by atoms with Gasteiger partial charge >= 0.3 is 0 Å². The van der Waals surface area contributed by atoms with Gasteiger partial charge in [0.2, 0.25) is 5.91 Å². The van der Waals surface area contributed by atoms with Gasteiger partial charge in [0.05, 0.1) is 11.6 Å². The van der Waals surface area contributed by atoms with Crippen molar-refractivity contribution in [3.05, 3.63) is 0 Å². The van der Waals surface area contributed by atoms with Gasteiger partial charge in [-0.25, -0.2) is 0 Å². The highest BCUT2D eigenvalue weighted by Gasteiger charge is 2.39. The summed E-state index contributed by atoms with van der Waals surface area (Å²) < 4.78 is 0. The van der Waals surface area contributed by atoms with Crippen molar-refractivity contribution in [2.45, 2.75) is 30.9 Å². The number of carbonyl (C=O) groups excluding carboxylic acids is 1. The topological polar surface area (TPSA) is 89.3 Å². The first-order chi connectivity index (χ1) is 4.54. The molecule has 0 bridgehead atoms. The standard InChI is InChI=1S/C6H12N2O2/c7-5(10)6(8)2-1-4(9)3-6/h4,9H,1-3,8H2,(H2,7,10). The highest BCUT2D eigenvalue weighted by Crippen LogP contribution is 2.26. The van der Waals surface area contributed by atoms with Crippen LogP contribution in [-0.2, 0) is 4.79 Å². The molecule has 1 aliphatic carbocycles. The Morgan fingerprint density at radius 3 is 2.50 bits per heavy atom. The summed E-state index contributed by atoms with van der Waals surface area (Å²) in [5, 5.41) is 9.03. The fourth-order valence-corrected chi connectivity index (χ4v) is 1.27. The zero-order chi connectivity index (χ0) is 7.78. The average molecular weight is 144 g/mol. The molecule has 1 saturated carbocycles. The van der Waals surface area contributed by atoms with Crippen molar-refractivity contribution in [1.82, 2.24) is 0 Å². The molecular weight excluding hydrogens is 132 g/mol. The average Bonchev–Trinajstić information content (AvgIpc) is 2.13. The molecule has 0 spiro atoms. The minimum absolute atomic E-state index is 0.308. The third-order valence-corrected chi connectivity index (χ3v) is 2.01. The van der Waals surface area contributed by atoms with Crippen LogP contribution in [0.1, 0.15) is 19.3 Å². The quantitative estimate of drug-likeness (QED) is 0.428. The smallest absolute Gasteiger partial charge is 0.237 e.